The van der Waals surface area contributed by atoms with E-state index in [2.05, 4.69) is 27.7 Å². The Labute approximate surface area is 147 Å². The van der Waals surface area contributed by atoms with Gasteiger partial charge in [-0.15, -0.1) is 0 Å². The SMILES string of the molecule is Cc1cc(C)n(CC2CCN(CC(O)c3cc(F)ccc3F)CC2)n1. The van der Waals surface area contributed by atoms with Gasteiger partial charge in [0.15, 0.2) is 0 Å². The van der Waals surface area contributed by atoms with E-state index in [1.54, 1.807) is 0 Å². The molecule has 136 valence electrons. The van der Waals surface area contributed by atoms with Crippen LogP contribution in [0.3, 0.4) is 0 Å². The fraction of sp³-hybridized carbons (Fsp3) is 0.526. The van der Waals surface area contributed by atoms with Gasteiger partial charge < -0.3 is 10.0 Å². The summed E-state index contributed by atoms with van der Waals surface area (Å²) in [6.07, 6.45) is 1.01. The molecular formula is C19H25F2N3O. The predicted molar refractivity (Wildman–Crippen MR) is 92.2 cm³/mol. The molecule has 0 saturated carbocycles. The Bertz CT molecular complexity index is 723. The predicted octanol–water partition coefficient (Wildman–Crippen LogP) is 3.22. The number of benzene rings is 1. The van der Waals surface area contributed by atoms with Crippen LogP contribution < -0.4 is 0 Å². The van der Waals surface area contributed by atoms with Gasteiger partial charge in [0.05, 0.1) is 11.8 Å². The molecular weight excluding hydrogens is 324 g/mol. The smallest absolute Gasteiger partial charge is 0.129 e. The van der Waals surface area contributed by atoms with Crippen LogP contribution in [0.15, 0.2) is 24.3 Å². The fourth-order valence-electron chi connectivity index (χ4n) is 3.57. The van der Waals surface area contributed by atoms with Crippen LogP contribution in [0.5, 0.6) is 0 Å². The highest BCUT2D eigenvalue weighted by molar-refractivity contribution is 5.21. The van der Waals surface area contributed by atoms with E-state index in [9.17, 15) is 13.9 Å². The van der Waals surface area contributed by atoms with Crippen LogP contribution in [0.2, 0.25) is 0 Å². The van der Waals surface area contributed by atoms with Crippen LogP contribution in [0, 0.1) is 31.4 Å². The normalized spacial score (nSPS) is 17.8. The van der Waals surface area contributed by atoms with E-state index in [1.165, 1.54) is 5.69 Å². The van der Waals surface area contributed by atoms with E-state index in [4.69, 9.17) is 0 Å². The zero-order valence-corrected chi connectivity index (χ0v) is 14.8. The van der Waals surface area contributed by atoms with E-state index in [0.717, 1.165) is 56.4 Å². The topological polar surface area (TPSA) is 41.3 Å². The third kappa shape index (κ3) is 4.44. The van der Waals surface area contributed by atoms with Crippen molar-refractivity contribution in [3.63, 3.8) is 0 Å². The molecule has 0 spiro atoms. The summed E-state index contributed by atoms with van der Waals surface area (Å²) < 4.78 is 29.1. The quantitative estimate of drug-likeness (QED) is 0.901. The molecule has 0 amide bonds. The second-order valence-corrected chi connectivity index (χ2v) is 7.03. The third-order valence-corrected chi connectivity index (χ3v) is 4.99. The van der Waals surface area contributed by atoms with Gasteiger partial charge in [0.25, 0.3) is 0 Å². The molecule has 1 unspecified atom stereocenters. The minimum Gasteiger partial charge on any atom is -0.387 e. The number of β-amino-alcohol motifs (C(OH)–C–C–N with tert-alkyl or cyclic N) is 1. The van der Waals surface area contributed by atoms with Crippen molar-refractivity contribution in [3.05, 3.63) is 52.9 Å². The zero-order chi connectivity index (χ0) is 18.0. The maximum Gasteiger partial charge on any atom is 0.129 e. The van der Waals surface area contributed by atoms with Crippen molar-refractivity contribution >= 4 is 0 Å². The Balaban J connectivity index is 1.52. The first-order valence-electron chi connectivity index (χ1n) is 8.79. The summed E-state index contributed by atoms with van der Waals surface area (Å²) in [5.74, 6) is -0.537. The molecule has 1 aliphatic heterocycles. The molecule has 1 fully saturated rings. The second-order valence-electron chi connectivity index (χ2n) is 7.03. The van der Waals surface area contributed by atoms with Crippen LogP contribution in [-0.4, -0.2) is 39.4 Å². The largest absolute Gasteiger partial charge is 0.387 e. The number of nitrogens with zero attached hydrogens (tertiary/aromatic N) is 3. The van der Waals surface area contributed by atoms with Crippen molar-refractivity contribution in [3.8, 4) is 0 Å². The van der Waals surface area contributed by atoms with Gasteiger partial charge in [0, 0.05) is 24.3 Å². The number of aryl methyl sites for hydroxylation is 2. The van der Waals surface area contributed by atoms with Gasteiger partial charge in [-0.25, -0.2) is 8.78 Å². The highest BCUT2D eigenvalue weighted by Gasteiger charge is 2.23. The summed E-state index contributed by atoms with van der Waals surface area (Å²) in [6, 6.07) is 5.29. The van der Waals surface area contributed by atoms with Gasteiger partial charge in [-0.1, -0.05) is 0 Å². The lowest BCUT2D eigenvalue weighted by atomic mass is 9.96. The Morgan fingerprint density at radius 1 is 1.20 bits per heavy atom. The zero-order valence-electron chi connectivity index (χ0n) is 14.8. The van der Waals surface area contributed by atoms with E-state index < -0.39 is 17.7 Å². The average molecular weight is 349 g/mol. The summed E-state index contributed by atoms with van der Waals surface area (Å²) in [4.78, 5) is 2.12. The van der Waals surface area contributed by atoms with Crippen LogP contribution in [0.25, 0.3) is 0 Å². The molecule has 0 aliphatic carbocycles. The van der Waals surface area contributed by atoms with E-state index >= 15 is 0 Å². The maximum absolute atomic E-state index is 13.8. The van der Waals surface area contributed by atoms with Crippen LogP contribution in [-0.2, 0) is 6.54 Å². The molecule has 1 aliphatic rings. The molecule has 2 aromatic rings. The standard InChI is InChI=1S/C19H25F2N3O/c1-13-9-14(2)24(22-13)11-15-5-7-23(8-6-15)12-19(25)17-10-16(20)3-4-18(17)21/h3-4,9-10,15,19,25H,5-8,11-12H2,1-2H3. The molecule has 1 saturated heterocycles. The van der Waals surface area contributed by atoms with Crippen LogP contribution in [0.4, 0.5) is 8.78 Å². The third-order valence-electron chi connectivity index (χ3n) is 4.99. The number of aliphatic hydroxyl groups is 1. The number of aromatic nitrogens is 2. The highest BCUT2D eigenvalue weighted by Crippen LogP contribution is 2.24. The molecule has 3 rings (SSSR count). The molecule has 0 radical (unpaired) electrons. The van der Waals surface area contributed by atoms with Gasteiger partial charge in [0.2, 0.25) is 0 Å². The average Bonchev–Trinajstić information content (AvgIpc) is 2.89. The Kier molecular flexibility index (Phi) is 5.49. The van der Waals surface area contributed by atoms with Gasteiger partial charge in [-0.05, 0) is 70.0 Å². The van der Waals surface area contributed by atoms with E-state index in [0.29, 0.717) is 12.5 Å². The number of hydrogen-bond donors (Lipinski definition) is 1. The maximum atomic E-state index is 13.8. The number of likely N-dealkylation sites (tertiary alicyclic amines) is 1. The molecule has 25 heavy (non-hydrogen) atoms. The number of aliphatic hydroxyl groups excluding tert-OH is 1. The number of rotatable bonds is 5. The first-order valence-corrected chi connectivity index (χ1v) is 8.79. The molecule has 1 N–H and O–H groups in total. The van der Waals surface area contributed by atoms with Gasteiger partial charge in [0.1, 0.15) is 11.6 Å². The number of piperidine rings is 1. The first kappa shape index (κ1) is 18.0. The highest BCUT2D eigenvalue weighted by atomic mass is 19.1. The number of hydrogen-bond acceptors (Lipinski definition) is 3. The van der Waals surface area contributed by atoms with Crippen molar-refractivity contribution in [2.24, 2.45) is 5.92 Å². The summed E-state index contributed by atoms with van der Waals surface area (Å²) in [7, 11) is 0. The Morgan fingerprint density at radius 2 is 1.92 bits per heavy atom. The molecule has 6 heteroatoms. The van der Waals surface area contributed by atoms with Gasteiger partial charge in [-0.2, -0.15) is 5.10 Å². The summed E-state index contributed by atoms with van der Waals surface area (Å²) >= 11 is 0. The minimum absolute atomic E-state index is 0.0322. The molecule has 1 aromatic heterocycles. The van der Waals surface area contributed by atoms with E-state index in [-0.39, 0.29) is 5.56 Å². The van der Waals surface area contributed by atoms with Gasteiger partial charge in [-0.3, -0.25) is 4.68 Å². The fourth-order valence-corrected chi connectivity index (χ4v) is 3.57. The van der Waals surface area contributed by atoms with Crippen molar-refractivity contribution < 1.29 is 13.9 Å². The monoisotopic (exact) mass is 349 g/mol. The first-order chi connectivity index (χ1) is 11.9. The summed E-state index contributed by atoms with van der Waals surface area (Å²) in [6.45, 7) is 7.00. The minimum atomic E-state index is -1.01. The van der Waals surface area contributed by atoms with E-state index in [1.807, 2.05) is 6.92 Å². The van der Waals surface area contributed by atoms with Crippen LogP contribution in [0.1, 0.15) is 35.9 Å². The Hall–Kier alpha value is -1.79. The van der Waals surface area contributed by atoms with Crippen molar-refractivity contribution in [2.75, 3.05) is 19.6 Å². The van der Waals surface area contributed by atoms with Crippen molar-refractivity contribution in [1.29, 1.82) is 0 Å². The second kappa shape index (κ2) is 7.62. The molecule has 2 heterocycles. The summed E-state index contributed by atoms with van der Waals surface area (Å²) in [5.41, 5.74) is 2.25. The number of halogens is 2. The van der Waals surface area contributed by atoms with Crippen molar-refractivity contribution in [2.45, 2.75) is 39.3 Å². The lowest BCUT2D eigenvalue weighted by Crippen LogP contribution is -2.37. The van der Waals surface area contributed by atoms with Crippen molar-refractivity contribution in [1.82, 2.24) is 14.7 Å². The lowest BCUT2D eigenvalue weighted by molar-refractivity contribution is 0.0836. The van der Waals surface area contributed by atoms with Gasteiger partial charge >= 0.3 is 0 Å². The molecule has 4 nitrogen and oxygen atoms in total. The molecule has 1 atom stereocenters. The molecule has 0 bridgehead atoms. The van der Waals surface area contributed by atoms with Crippen LogP contribution >= 0.6 is 0 Å². The summed E-state index contributed by atoms with van der Waals surface area (Å²) in [5, 5.41) is 14.8. The Morgan fingerprint density at radius 3 is 2.56 bits per heavy atom. The molecule has 1 aromatic carbocycles. The lowest BCUT2D eigenvalue weighted by Gasteiger charge is -2.33.